The summed E-state index contributed by atoms with van der Waals surface area (Å²) in [5, 5.41) is 0. The highest BCUT2D eigenvalue weighted by Crippen LogP contribution is 2.32. The number of hydrogen-bond donors (Lipinski definition) is 0. The van der Waals surface area contributed by atoms with Crippen molar-refractivity contribution in [2.45, 2.75) is 12.6 Å². The number of nitrogens with zero attached hydrogens (tertiary/aromatic N) is 3. The predicted molar refractivity (Wildman–Crippen MR) is 87.2 cm³/mol. The molecule has 0 radical (unpaired) electrons. The Kier molecular flexibility index (Phi) is 3.79. The van der Waals surface area contributed by atoms with E-state index in [4.69, 9.17) is 4.74 Å². The fourth-order valence-electron chi connectivity index (χ4n) is 3.57. The van der Waals surface area contributed by atoms with Gasteiger partial charge < -0.3 is 14.2 Å². The van der Waals surface area contributed by atoms with Crippen molar-refractivity contribution in [1.82, 2.24) is 14.4 Å². The average molecular weight is 311 g/mol. The maximum Gasteiger partial charge on any atom is 0.409 e. The molecule has 2 aliphatic heterocycles. The van der Waals surface area contributed by atoms with E-state index in [0.717, 1.165) is 26.2 Å². The van der Waals surface area contributed by atoms with Crippen LogP contribution in [0.5, 0.6) is 0 Å². The first-order chi connectivity index (χ1) is 11.3. The first-order valence-electron chi connectivity index (χ1n) is 8.19. The summed E-state index contributed by atoms with van der Waals surface area (Å²) in [6.45, 7) is 4.80. The number of ether oxygens (including phenoxy) is 1. The standard InChI is InChI=1S/C18H21N3O2/c22-18-21(13-14-23-18)12-11-20-10-9-19-8-4-7-16(19)17(20)15-5-2-1-3-6-15/h1-8,17H,9-14H2/t17-/m0/s1. The van der Waals surface area contributed by atoms with Gasteiger partial charge in [-0.15, -0.1) is 0 Å². The fraction of sp³-hybridized carbons (Fsp3) is 0.389. The van der Waals surface area contributed by atoms with Gasteiger partial charge in [0, 0.05) is 38.1 Å². The lowest BCUT2D eigenvalue weighted by atomic mass is 10.00. The molecule has 120 valence electrons. The van der Waals surface area contributed by atoms with E-state index in [9.17, 15) is 4.79 Å². The van der Waals surface area contributed by atoms with Gasteiger partial charge in [0.05, 0.1) is 12.6 Å². The highest BCUT2D eigenvalue weighted by molar-refractivity contribution is 5.69. The Labute approximate surface area is 136 Å². The largest absolute Gasteiger partial charge is 0.448 e. The van der Waals surface area contributed by atoms with Gasteiger partial charge in [-0.05, 0) is 17.7 Å². The lowest BCUT2D eigenvalue weighted by Crippen LogP contribution is -2.43. The van der Waals surface area contributed by atoms with Crippen LogP contribution in [0.4, 0.5) is 4.79 Å². The van der Waals surface area contributed by atoms with Crippen molar-refractivity contribution in [3.63, 3.8) is 0 Å². The molecule has 5 heteroatoms. The van der Waals surface area contributed by atoms with E-state index in [1.165, 1.54) is 11.3 Å². The number of rotatable bonds is 4. The fourth-order valence-corrected chi connectivity index (χ4v) is 3.57. The molecule has 0 saturated carbocycles. The smallest absolute Gasteiger partial charge is 0.409 e. The number of amides is 1. The van der Waals surface area contributed by atoms with Gasteiger partial charge in [-0.2, -0.15) is 0 Å². The highest BCUT2D eigenvalue weighted by Gasteiger charge is 2.30. The van der Waals surface area contributed by atoms with Crippen molar-refractivity contribution < 1.29 is 9.53 Å². The summed E-state index contributed by atoms with van der Waals surface area (Å²) in [5.41, 5.74) is 2.63. The molecular weight excluding hydrogens is 290 g/mol. The second kappa shape index (κ2) is 6.08. The SMILES string of the molecule is O=C1OCCN1CCN1CCn2cccc2[C@@H]1c1ccccc1. The topological polar surface area (TPSA) is 37.7 Å². The van der Waals surface area contributed by atoms with Crippen LogP contribution >= 0.6 is 0 Å². The van der Waals surface area contributed by atoms with Crippen molar-refractivity contribution >= 4 is 6.09 Å². The zero-order valence-electron chi connectivity index (χ0n) is 13.1. The van der Waals surface area contributed by atoms with Gasteiger partial charge in [0.15, 0.2) is 0 Å². The molecule has 0 bridgehead atoms. The van der Waals surface area contributed by atoms with Crippen molar-refractivity contribution in [2.24, 2.45) is 0 Å². The van der Waals surface area contributed by atoms with Crippen LogP contribution in [0.2, 0.25) is 0 Å². The van der Waals surface area contributed by atoms with Crippen molar-refractivity contribution in [3.8, 4) is 0 Å². The Morgan fingerprint density at radius 3 is 2.65 bits per heavy atom. The normalized spacial score (nSPS) is 21.3. The Morgan fingerprint density at radius 1 is 1.00 bits per heavy atom. The Morgan fingerprint density at radius 2 is 1.87 bits per heavy atom. The predicted octanol–water partition coefficient (Wildman–Crippen LogP) is 2.35. The van der Waals surface area contributed by atoms with E-state index >= 15 is 0 Å². The van der Waals surface area contributed by atoms with Crippen LogP contribution in [0.15, 0.2) is 48.7 Å². The van der Waals surface area contributed by atoms with Crippen molar-refractivity contribution in [3.05, 3.63) is 59.9 Å². The number of carbonyl (C=O) groups is 1. The molecule has 23 heavy (non-hydrogen) atoms. The minimum absolute atomic E-state index is 0.179. The zero-order chi connectivity index (χ0) is 15.6. The molecule has 1 atom stereocenters. The molecule has 0 aliphatic carbocycles. The third kappa shape index (κ3) is 2.72. The van der Waals surface area contributed by atoms with Crippen LogP contribution in [-0.2, 0) is 11.3 Å². The van der Waals surface area contributed by atoms with Crippen LogP contribution in [0.1, 0.15) is 17.3 Å². The third-order valence-electron chi connectivity index (χ3n) is 4.76. The van der Waals surface area contributed by atoms with E-state index in [1.54, 1.807) is 4.90 Å². The number of hydrogen-bond acceptors (Lipinski definition) is 3. The minimum Gasteiger partial charge on any atom is -0.448 e. The quantitative estimate of drug-likeness (QED) is 0.870. The molecule has 1 aromatic heterocycles. The first kappa shape index (κ1) is 14.3. The first-order valence-corrected chi connectivity index (χ1v) is 8.19. The average Bonchev–Trinajstić information content (AvgIpc) is 3.21. The maximum absolute atomic E-state index is 11.6. The van der Waals surface area contributed by atoms with Crippen LogP contribution in [0.25, 0.3) is 0 Å². The molecular formula is C18H21N3O2. The van der Waals surface area contributed by atoms with Gasteiger partial charge in [-0.25, -0.2) is 4.79 Å². The second-order valence-electron chi connectivity index (χ2n) is 6.08. The van der Waals surface area contributed by atoms with Crippen molar-refractivity contribution in [2.75, 3.05) is 32.8 Å². The number of cyclic esters (lactones) is 1. The molecule has 5 nitrogen and oxygen atoms in total. The molecule has 4 rings (SSSR count). The Bertz CT molecular complexity index is 683. The number of fused-ring (bicyclic) bond motifs is 1. The lowest BCUT2D eigenvalue weighted by Gasteiger charge is -2.37. The summed E-state index contributed by atoms with van der Waals surface area (Å²) in [4.78, 5) is 15.9. The van der Waals surface area contributed by atoms with E-state index in [-0.39, 0.29) is 12.1 Å². The number of aromatic nitrogens is 1. The maximum atomic E-state index is 11.6. The van der Waals surface area contributed by atoms with Crippen LogP contribution in [-0.4, -0.2) is 53.2 Å². The van der Waals surface area contributed by atoms with E-state index in [0.29, 0.717) is 13.2 Å². The molecule has 2 aliphatic rings. The van der Waals surface area contributed by atoms with Gasteiger partial charge in [-0.3, -0.25) is 4.90 Å². The van der Waals surface area contributed by atoms with Crippen molar-refractivity contribution in [1.29, 1.82) is 0 Å². The monoisotopic (exact) mass is 311 g/mol. The van der Waals surface area contributed by atoms with E-state index in [1.807, 2.05) is 0 Å². The summed E-state index contributed by atoms with van der Waals surface area (Å²) in [7, 11) is 0. The van der Waals surface area contributed by atoms with Gasteiger partial charge in [0.1, 0.15) is 6.61 Å². The summed E-state index contributed by atoms with van der Waals surface area (Å²) in [6.07, 6.45) is 1.97. The van der Waals surface area contributed by atoms with Crippen LogP contribution < -0.4 is 0 Å². The summed E-state index contributed by atoms with van der Waals surface area (Å²) < 4.78 is 7.36. The van der Waals surface area contributed by atoms with Gasteiger partial charge in [-0.1, -0.05) is 30.3 Å². The molecule has 1 aromatic carbocycles. The molecule has 0 spiro atoms. The Balaban J connectivity index is 1.57. The molecule has 3 heterocycles. The molecule has 0 unspecified atom stereocenters. The van der Waals surface area contributed by atoms with Gasteiger partial charge >= 0.3 is 6.09 Å². The van der Waals surface area contributed by atoms with E-state index < -0.39 is 0 Å². The minimum atomic E-state index is -0.179. The molecule has 1 amide bonds. The van der Waals surface area contributed by atoms with Gasteiger partial charge in [0.25, 0.3) is 0 Å². The zero-order valence-corrected chi connectivity index (χ0v) is 13.1. The second-order valence-corrected chi connectivity index (χ2v) is 6.08. The molecule has 2 aromatic rings. The molecule has 1 saturated heterocycles. The van der Waals surface area contributed by atoms with Crippen LogP contribution in [0.3, 0.4) is 0 Å². The number of benzene rings is 1. The lowest BCUT2D eigenvalue weighted by molar-refractivity contribution is 0.141. The van der Waals surface area contributed by atoms with Gasteiger partial charge in [0.2, 0.25) is 0 Å². The summed E-state index contributed by atoms with van der Waals surface area (Å²) in [5.74, 6) is 0. The summed E-state index contributed by atoms with van der Waals surface area (Å²) >= 11 is 0. The molecule has 1 fully saturated rings. The highest BCUT2D eigenvalue weighted by atomic mass is 16.6. The summed E-state index contributed by atoms with van der Waals surface area (Å²) in [6, 6.07) is 15.2. The third-order valence-corrected chi connectivity index (χ3v) is 4.76. The molecule has 0 N–H and O–H groups in total. The van der Waals surface area contributed by atoms with E-state index in [2.05, 4.69) is 58.1 Å². The Hall–Kier alpha value is -2.27. The number of carbonyl (C=O) groups excluding carboxylic acids is 1. The van der Waals surface area contributed by atoms with Crippen LogP contribution in [0, 0.1) is 0 Å².